The molecule has 0 aromatic heterocycles. The van der Waals surface area contributed by atoms with Crippen molar-refractivity contribution in [1.29, 1.82) is 0 Å². The minimum Gasteiger partial charge on any atom is -0.317 e. The van der Waals surface area contributed by atoms with Gasteiger partial charge in [0.05, 0.1) is 6.04 Å². The van der Waals surface area contributed by atoms with Gasteiger partial charge in [-0.25, -0.2) is 9.18 Å². The van der Waals surface area contributed by atoms with E-state index in [0.29, 0.717) is 5.69 Å². The fourth-order valence-corrected chi connectivity index (χ4v) is 3.25. The summed E-state index contributed by atoms with van der Waals surface area (Å²) < 4.78 is 13.3. The quantitative estimate of drug-likeness (QED) is 0.799. The molecule has 1 aliphatic heterocycles. The molecule has 2 aromatic carbocycles. The van der Waals surface area contributed by atoms with E-state index in [1.807, 2.05) is 4.90 Å². The van der Waals surface area contributed by atoms with Crippen LogP contribution >= 0.6 is 0 Å². The van der Waals surface area contributed by atoms with Crippen LogP contribution in [0.5, 0.6) is 0 Å². The number of nitrogens with one attached hydrogen (secondary N) is 1. The van der Waals surface area contributed by atoms with E-state index in [1.165, 1.54) is 17.7 Å². The van der Waals surface area contributed by atoms with E-state index in [-0.39, 0.29) is 17.9 Å². The molecule has 0 unspecified atom stereocenters. The third-order valence-corrected chi connectivity index (χ3v) is 4.55. The Kier molecular flexibility index (Phi) is 5.14. The van der Waals surface area contributed by atoms with Crippen molar-refractivity contribution < 1.29 is 9.18 Å². The zero-order chi connectivity index (χ0) is 16.9. The van der Waals surface area contributed by atoms with Crippen LogP contribution in [0.15, 0.2) is 48.5 Å². The van der Waals surface area contributed by atoms with Crippen LogP contribution in [0.2, 0.25) is 0 Å². The summed E-state index contributed by atoms with van der Waals surface area (Å²) in [6, 6.07) is 14.3. The molecule has 0 spiro atoms. The van der Waals surface area contributed by atoms with Crippen LogP contribution in [0.1, 0.15) is 42.9 Å². The Morgan fingerprint density at radius 1 is 1.12 bits per heavy atom. The number of carbonyl (C=O) groups excluding carboxylic acids is 1. The summed E-state index contributed by atoms with van der Waals surface area (Å²) >= 11 is 0. The number of anilines is 1. The predicted molar refractivity (Wildman–Crippen MR) is 94.5 cm³/mol. The summed E-state index contributed by atoms with van der Waals surface area (Å²) in [5.74, 6) is -0.348. The number of amides is 2. The van der Waals surface area contributed by atoms with Crippen molar-refractivity contribution in [2.24, 2.45) is 0 Å². The summed E-state index contributed by atoms with van der Waals surface area (Å²) in [5, 5.41) is 2.84. The highest BCUT2D eigenvalue weighted by molar-refractivity contribution is 5.89. The molecule has 0 aliphatic carbocycles. The minimum absolute atomic E-state index is 0.0710. The maximum Gasteiger partial charge on any atom is 0.322 e. The molecule has 1 N–H and O–H groups in total. The molecular formula is C20H23FN2O. The van der Waals surface area contributed by atoms with Crippen LogP contribution in [0.25, 0.3) is 0 Å². The summed E-state index contributed by atoms with van der Waals surface area (Å²) in [5.41, 5.74) is 2.87. The third kappa shape index (κ3) is 3.94. The first-order valence-corrected chi connectivity index (χ1v) is 8.53. The first-order chi connectivity index (χ1) is 11.6. The van der Waals surface area contributed by atoms with Crippen LogP contribution < -0.4 is 5.32 Å². The molecule has 1 atom stereocenters. The molecule has 3 nitrogen and oxygen atoms in total. The molecule has 1 saturated heterocycles. The molecule has 0 bridgehead atoms. The van der Waals surface area contributed by atoms with Gasteiger partial charge >= 0.3 is 6.03 Å². The van der Waals surface area contributed by atoms with E-state index < -0.39 is 0 Å². The summed E-state index contributed by atoms with van der Waals surface area (Å²) in [6.45, 7) is 2.78. The number of benzene rings is 2. The number of likely N-dealkylation sites (tertiary alicyclic amines) is 1. The maximum atomic E-state index is 13.3. The number of carbonyl (C=O) groups is 1. The molecular weight excluding hydrogens is 303 g/mol. The average Bonchev–Trinajstić information content (AvgIpc) is 2.81. The van der Waals surface area contributed by atoms with Gasteiger partial charge in [-0.3, -0.25) is 0 Å². The Morgan fingerprint density at radius 2 is 1.92 bits per heavy atom. The van der Waals surface area contributed by atoms with Crippen LogP contribution in [0, 0.1) is 12.7 Å². The van der Waals surface area contributed by atoms with E-state index in [0.717, 1.165) is 37.8 Å². The second-order valence-electron chi connectivity index (χ2n) is 6.41. The molecule has 1 fully saturated rings. The zero-order valence-electron chi connectivity index (χ0n) is 14.0. The molecule has 126 valence electrons. The van der Waals surface area contributed by atoms with Crippen LogP contribution in [-0.4, -0.2) is 17.5 Å². The van der Waals surface area contributed by atoms with Gasteiger partial charge in [-0.15, -0.1) is 0 Å². The van der Waals surface area contributed by atoms with Crippen molar-refractivity contribution in [3.8, 4) is 0 Å². The normalized spacial score (nSPS) is 18.1. The molecule has 2 amide bonds. The van der Waals surface area contributed by atoms with E-state index in [4.69, 9.17) is 0 Å². The SMILES string of the molecule is Cc1ccc([C@H]2CCCCCN2C(=O)Nc2cccc(F)c2)cc1. The van der Waals surface area contributed by atoms with Crippen molar-refractivity contribution in [3.63, 3.8) is 0 Å². The topological polar surface area (TPSA) is 32.3 Å². The number of hydrogen-bond donors (Lipinski definition) is 1. The first kappa shape index (κ1) is 16.5. The van der Waals surface area contributed by atoms with Crippen molar-refractivity contribution >= 4 is 11.7 Å². The second kappa shape index (κ2) is 7.47. The highest BCUT2D eigenvalue weighted by atomic mass is 19.1. The van der Waals surface area contributed by atoms with Crippen molar-refractivity contribution in [3.05, 3.63) is 65.5 Å². The lowest BCUT2D eigenvalue weighted by Gasteiger charge is -2.30. The standard InChI is InChI=1S/C20H23FN2O/c1-15-9-11-16(12-10-15)19-8-3-2-4-13-23(19)20(24)22-18-7-5-6-17(21)14-18/h5-7,9-12,14,19H,2-4,8,13H2,1H3,(H,22,24)/t19-/m1/s1. The van der Waals surface area contributed by atoms with Gasteiger partial charge in [0.2, 0.25) is 0 Å². The lowest BCUT2D eigenvalue weighted by molar-refractivity contribution is 0.189. The Hall–Kier alpha value is -2.36. The number of aryl methyl sites for hydroxylation is 1. The summed E-state index contributed by atoms with van der Waals surface area (Å²) in [6.07, 6.45) is 4.20. The van der Waals surface area contributed by atoms with Gasteiger partial charge < -0.3 is 10.2 Å². The molecule has 4 heteroatoms. The number of urea groups is 1. The van der Waals surface area contributed by atoms with Crippen molar-refractivity contribution in [2.75, 3.05) is 11.9 Å². The van der Waals surface area contributed by atoms with Gasteiger partial charge in [0, 0.05) is 12.2 Å². The molecule has 24 heavy (non-hydrogen) atoms. The number of nitrogens with zero attached hydrogens (tertiary/aromatic N) is 1. The van der Waals surface area contributed by atoms with Gasteiger partial charge in [-0.2, -0.15) is 0 Å². The zero-order valence-corrected chi connectivity index (χ0v) is 14.0. The average molecular weight is 326 g/mol. The van der Waals surface area contributed by atoms with Crippen molar-refractivity contribution in [2.45, 2.75) is 38.6 Å². The van der Waals surface area contributed by atoms with Crippen molar-refractivity contribution in [1.82, 2.24) is 4.90 Å². The molecule has 3 rings (SSSR count). The Morgan fingerprint density at radius 3 is 2.67 bits per heavy atom. The second-order valence-corrected chi connectivity index (χ2v) is 6.41. The van der Waals surface area contributed by atoms with Gasteiger partial charge in [-0.1, -0.05) is 48.7 Å². The van der Waals surface area contributed by atoms with Gasteiger partial charge in [-0.05, 0) is 43.5 Å². The number of rotatable bonds is 2. The Bertz CT molecular complexity index is 699. The van der Waals surface area contributed by atoms with E-state index in [9.17, 15) is 9.18 Å². The highest BCUT2D eigenvalue weighted by Crippen LogP contribution is 2.31. The molecule has 2 aromatic rings. The van der Waals surface area contributed by atoms with Gasteiger partial charge in [0.1, 0.15) is 5.82 Å². The third-order valence-electron chi connectivity index (χ3n) is 4.55. The molecule has 0 radical (unpaired) electrons. The highest BCUT2D eigenvalue weighted by Gasteiger charge is 2.26. The van der Waals surface area contributed by atoms with Crippen LogP contribution in [-0.2, 0) is 0 Å². The van der Waals surface area contributed by atoms with E-state index >= 15 is 0 Å². The Balaban J connectivity index is 1.81. The monoisotopic (exact) mass is 326 g/mol. The minimum atomic E-state index is -0.348. The van der Waals surface area contributed by atoms with Gasteiger partial charge in [0.15, 0.2) is 0 Å². The van der Waals surface area contributed by atoms with E-state index in [2.05, 4.69) is 36.5 Å². The summed E-state index contributed by atoms with van der Waals surface area (Å²) in [4.78, 5) is 14.7. The smallest absolute Gasteiger partial charge is 0.317 e. The first-order valence-electron chi connectivity index (χ1n) is 8.53. The van der Waals surface area contributed by atoms with Crippen LogP contribution in [0.3, 0.4) is 0 Å². The molecule has 1 heterocycles. The number of halogens is 1. The van der Waals surface area contributed by atoms with Gasteiger partial charge in [0.25, 0.3) is 0 Å². The van der Waals surface area contributed by atoms with E-state index in [1.54, 1.807) is 12.1 Å². The fraction of sp³-hybridized carbons (Fsp3) is 0.350. The predicted octanol–water partition coefficient (Wildman–Crippen LogP) is 5.28. The maximum absolute atomic E-state index is 13.3. The summed E-state index contributed by atoms with van der Waals surface area (Å²) in [7, 11) is 0. The van der Waals surface area contributed by atoms with Crippen LogP contribution in [0.4, 0.5) is 14.9 Å². The molecule has 1 aliphatic rings. The fourth-order valence-electron chi connectivity index (χ4n) is 3.25. The largest absolute Gasteiger partial charge is 0.322 e. The molecule has 0 saturated carbocycles. The number of hydrogen-bond acceptors (Lipinski definition) is 1. The lowest BCUT2D eigenvalue weighted by atomic mass is 10.00. The Labute approximate surface area is 142 Å². The lowest BCUT2D eigenvalue weighted by Crippen LogP contribution is -2.38.